The summed E-state index contributed by atoms with van der Waals surface area (Å²) in [7, 11) is -3.46. The fourth-order valence-electron chi connectivity index (χ4n) is 3.87. The number of aromatic nitrogens is 2. The highest BCUT2D eigenvalue weighted by Crippen LogP contribution is 2.33. The van der Waals surface area contributed by atoms with Crippen LogP contribution in [0.4, 0.5) is 5.13 Å². The number of hydrogen-bond donors (Lipinski definition) is 0. The molecule has 0 N–H and O–H groups in total. The van der Waals surface area contributed by atoms with Gasteiger partial charge in [0.05, 0.1) is 23.0 Å². The summed E-state index contributed by atoms with van der Waals surface area (Å²) in [6.45, 7) is 2.74. The number of thiazole rings is 1. The van der Waals surface area contributed by atoms with Gasteiger partial charge in [0.25, 0.3) is 0 Å². The van der Waals surface area contributed by atoms with Gasteiger partial charge in [0.2, 0.25) is 15.9 Å². The summed E-state index contributed by atoms with van der Waals surface area (Å²) in [4.78, 5) is 24.2. The van der Waals surface area contributed by atoms with Crippen molar-refractivity contribution in [3.8, 4) is 0 Å². The number of carbonyl (C=O) groups is 1. The van der Waals surface area contributed by atoms with Crippen LogP contribution in [0.5, 0.6) is 0 Å². The number of anilines is 1. The maximum Gasteiger partial charge on any atom is 0.247 e. The minimum atomic E-state index is -3.46. The minimum Gasteiger partial charge on any atom is -0.282 e. The number of fused-ring (bicyclic) bond motifs is 1. The zero-order chi connectivity index (χ0) is 21.3. The van der Waals surface area contributed by atoms with Gasteiger partial charge in [-0.2, -0.15) is 4.31 Å². The lowest BCUT2D eigenvalue weighted by atomic mass is 10.1. The smallest absolute Gasteiger partial charge is 0.247 e. The Hall–Kier alpha value is -2.36. The number of pyridine rings is 1. The monoisotopic (exact) mass is 444 g/mol. The third-order valence-corrected chi connectivity index (χ3v) is 7.68. The van der Waals surface area contributed by atoms with Crippen molar-refractivity contribution in [1.29, 1.82) is 0 Å². The fraction of sp³-hybridized carbons (Fsp3) is 0.381. The molecule has 158 valence electrons. The predicted molar refractivity (Wildman–Crippen MR) is 119 cm³/mol. The second-order valence-corrected chi connectivity index (χ2v) is 10.4. The first-order valence-electron chi connectivity index (χ1n) is 9.94. The molecule has 0 spiro atoms. The third-order valence-electron chi connectivity index (χ3n) is 5.35. The molecule has 3 heterocycles. The third kappa shape index (κ3) is 4.10. The molecule has 4 rings (SSSR count). The van der Waals surface area contributed by atoms with Crippen LogP contribution in [0.3, 0.4) is 0 Å². The largest absolute Gasteiger partial charge is 0.282 e. The van der Waals surface area contributed by atoms with E-state index in [0.29, 0.717) is 31.1 Å². The molecule has 30 heavy (non-hydrogen) atoms. The molecule has 1 unspecified atom stereocenters. The second-order valence-electron chi connectivity index (χ2n) is 7.43. The van der Waals surface area contributed by atoms with Gasteiger partial charge in [0.15, 0.2) is 5.13 Å². The average molecular weight is 445 g/mol. The average Bonchev–Trinajstić information content (AvgIpc) is 3.39. The van der Waals surface area contributed by atoms with Gasteiger partial charge >= 0.3 is 0 Å². The van der Waals surface area contributed by atoms with Gasteiger partial charge in [-0.15, -0.1) is 0 Å². The predicted octanol–water partition coefficient (Wildman–Crippen LogP) is 3.21. The molecule has 0 radical (unpaired) electrons. The van der Waals surface area contributed by atoms with Gasteiger partial charge in [-0.3, -0.25) is 14.7 Å². The standard InChI is InChI=1S/C21H24N4O3S2/c1-3-16-8-4-10-18-19(16)23-21(29-18)24(14-15-7-5-11-22-13-15)20(26)17-9-6-12-25(17)30(2,27)28/h4-5,7-8,10-11,13,17H,3,6,9,12,14H2,1-2H3. The van der Waals surface area contributed by atoms with Crippen molar-refractivity contribution in [2.75, 3.05) is 17.7 Å². The van der Waals surface area contributed by atoms with E-state index in [9.17, 15) is 13.2 Å². The lowest BCUT2D eigenvalue weighted by Crippen LogP contribution is -2.47. The van der Waals surface area contributed by atoms with Crippen LogP contribution in [-0.2, 0) is 27.8 Å². The van der Waals surface area contributed by atoms with Crippen molar-refractivity contribution >= 4 is 42.6 Å². The lowest BCUT2D eigenvalue weighted by Gasteiger charge is -2.27. The molecule has 0 saturated carbocycles. The van der Waals surface area contributed by atoms with E-state index in [1.54, 1.807) is 17.3 Å². The summed E-state index contributed by atoms with van der Waals surface area (Å²) < 4.78 is 26.8. The van der Waals surface area contributed by atoms with E-state index < -0.39 is 16.1 Å². The highest BCUT2D eigenvalue weighted by molar-refractivity contribution is 7.88. The Balaban J connectivity index is 1.76. The van der Waals surface area contributed by atoms with Crippen molar-refractivity contribution in [3.05, 3.63) is 53.9 Å². The van der Waals surface area contributed by atoms with Gasteiger partial charge < -0.3 is 0 Å². The van der Waals surface area contributed by atoms with Crippen molar-refractivity contribution < 1.29 is 13.2 Å². The normalized spacial score (nSPS) is 17.5. The van der Waals surface area contributed by atoms with Gasteiger partial charge in [0, 0.05) is 18.9 Å². The fourth-order valence-corrected chi connectivity index (χ4v) is 6.01. The van der Waals surface area contributed by atoms with Crippen LogP contribution in [0.2, 0.25) is 0 Å². The summed E-state index contributed by atoms with van der Waals surface area (Å²) >= 11 is 1.46. The van der Waals surface area contributed by atoms with Crippen molar-refractivity contribution in [1.82, 2.24) is 14.3 Å². The lowest BCUT2D eigenvalue weighted by molar-refractivity contribution is -0.121. The summed E-state index contributed by atoms with van der Waals surface area (Å²) in [5, 5.41) is 0.583. The number of rotatable bonds is 6. The number of carbonyl (C=O) groups excluding carboxylic acids is 1. The van der Waals surface area contributed by atoms with E-state index in [-0.39, 0.29) is 5.91 Å². The quantitative estimate of drug-likeness (QED) is 0.583. The SMILES string of the molecule is CCc1cccc2sc(N(Cc3cccnc3)C(=O)C3CCCN3S(C)(=O)=O)nc12. The molecule has 1 aliphatic heterocycles. The van der Waals surface area contributed by atoms with Crippen LogP contribution < -0.4 is 4.90 Å². The zero-order valence-corrected chi connectivity index (χ0v) is 18.6. The second kappa shape index (κ2) is 8.41. The molecular weight excluding hydrogens is 420 g/mol. The summed E-state index contributed by atoms with van der Waals surface area (Å²) in [5.74, 6) is -0.237. The Kier molecular flexibility index (Phi) is 5.86. The maximum atomic E-state index is 13.6. The number of para-hydroxylation sites is 1. The van der Waals surface area contributed by atoms with Crippen molar-refractivity contribution in [2.45, 2.75) is 38.8 Å². The van der Waals surface area contributed by atoms with E-state index in [1.165, 1.54) is 15.6 Å². The molecule has 1 aliphatic rings. The van der Waals surface area contributed by atoms with Crippen LogP contribution >= 0.6 is 11.3 Å². The summed E-state index contributed by atoms with van der Waals surface area (Å²) in [6, 6.07) is 9.07. The number of sulfonamides is 1. The van der Waals surface area contributed by atoms with Crippen molar-refractivity contribution in [2.24, 2.45) is 0 Å². The topological polar surface area (TPSA) is 83.5 Å². The molecule has 0 aliphatic carbocycles. The molecule has 0 bridgehead atoms. The first-order chi connectivity index (χ1) is 14.4. The Bertz CT molecular complexity index is 1160. The van der Waals surface area contributed by atoms with Crippen LogP contribution in [0, 0.1) is 0 Å². The summed E-state index contributed by atoms with van der Waals surface area (Å²) in [5.41, 5.74) is 2.89. The highest BCUT2D eigenvalue weighted by atomic mass is 32.2. The van der Waals surface area contributed by atoms with E-state index in [4.69, 9.17) is 4.98 Å². The summed E-state index contributed by atoms with van der Waals surface area (Å²) in [6.07, 6.45) is 6.60. The van der Waals surface area contributed by atoms with E-state index >= 15 is 0 Å². The Morgan fingerprint density at radius 3 is 2.83 bits per heavy atom. The van der Waals surface area contributed by atoms with Gasteiger partial charge in [0.1, 0.15) is 6.04 Å². The number of nitrogens with zero attached hydrogens (tertiary/aromatic N) is 4. The van der Waals surface area contributed by atoms with E-state index in [2.05, 4.69) is 11.9 Å². The molecule has 3 aromatic rings. The minimum absolute atomic E-state index is 0.237. The Morgan fingerprint density at radius 2 is 2.13 bits per heavy atom. The number of benzene rings is 1. The van der Waals surface area contributed by atoms with E-state index in [0.717, 1.165) is 34.0 Å². The first kappa shape index (κ1) is 20.9. The number of aryl methyl sites for hydroxylation is 1. The molecule has 1 atom stereocenters. The molecule has 7 nitrogen and oxygen atoms in total. The van der Waals surface area contributed by atoms with Crippen LogP contribution in [0.1, 0.15) is 30.9 Å². The molecule has 1 saturated heterocycles. The van der Waals surface area contributed by atoms with Gasteiger partial charge in [-0.1, -0.05) is 36.5 Å². The van der Waals surface area contributed by atoms with Crippen molar-refractivity contribution in [3.63, 3.8) is 0 Å². The van der Waals surface area contributed by atoms with E-state index in [1.807, 2.05) is 30.3 Å². The van der Waals surface area contributed by atoms with Crippen LogP contribution in [-0.4, -0.2) is 47.4 Å². The van der Waals surface area contributed by atoms with Crippen LogP contribution in [0.15, 0.2) is 42.7 Å². The first-order valence-corrected chi connectivity index (χ1v) is 12.6. The molecular formula is C21H24N4O3S2. The van der Waals surface area contributed by atoms with Gasteiger partial charge in [-0.05, 0) is 42.5 Å². The molecule has 1 fully saturated rings. The van der Waals surface area contributed by atoms with Crippen LogP contribution in [0.25, 0.3) is 10.2 Å². The highest BCUT2D eigenvalue weighted by Gasteiger charge is 2.39. The van der Waals surface area contributed by atoms with Gasteiger partial charge in [-0.25, -0.2) is 13.4 Å². The zero-order valence-electron chi connectivity index (χ0n) is 17.0. The maximum absolute atomic E-state index is 13.6. The molecule has 2 aromatic heterocycles. The Morgan fingerprint density at radius 1 is 1.30 bits per heavy atom. The molecule has 1 amide bonds. The molecule has 1 aromatic carbocycles. The number of amides is 1. The number of hydrogen-bond acceptors (Lipinski definition) is 6. The molecule has 9 heteroatoms. The Labute approximate surface area is 180 Å².